The highest BCUT2D eigenvalue weighted by molar-refractivity contribution is 5.55. The van der Waals surface area contributed by atoms with Gasteiger partial charge in [0, 0.05) is 20.5 Å². The van der Waals surface area contributed by atoms with Crippen LogP contribution in [-0.4, -0.2) is 25.3 Å². The summed E-state index contributed by atoms with van der Waals surface area (Å²) in [4.78, 5) is 6.04. The average molecular weight is 164 g/mol. The van der Waals surface area contributed by atoms with Crippen molar-refractivity contribution in [2.45, 2.75) is 13.3 Å². The topological polar surface area (TPSA) is 15.6 Å². The van der Waals surface area contributed by atoms with Crippen LogP contribution in [0.1, 0.15) is 13.3 Å². The van der Waals surface area contributed by atoms with Gasteiger partial charge in [0.25, 0.3) is 0 Å². The summed E-state index contributed by atoms with van der Waals surface area (Å²) in [5.74, 6) is 0. The molecule has 0 aromatic heterocycles. The first-order valence-corrected chi connectivity index (χ1v) is 3.80. The Kier molecular flexibility index (Phi) is 4.82. The third kappa shape index (κ3) is 5.51. The molecule has 0 aliphatic heterocycles. The lowest BCUT2D eigenvalue weighted by Crippen LogP contribution is -2.07. The average Bonchev–Trinajstić information content (AvgIpc) is 1.97. The highest BCUT2D eigenvalue weighted by atomic mass is 15.1. The van der Waals surface area contributed by atoms with Crippen LogP contribution in [0.2, 0.25) is 0 Å². The van der Waals surface area contributed by atoms with Crippen LogP contribution in [0, 0.1) is 0 Å². The van der Waals surface area contributed by atoms with E-state index >= 15 is 0 Å². The Labute approximate surface area is 74.6 Å². The molecule has 0 aliphatic carbocycles. The number of rotatable bonds is 4. The molecule has 0 aliphatic rings. The van der Waals surface area contributed by atoms with Crippen molar-refractivity contribution in [1.29, 1.82) is 0 Å². The van der Waals surface area contributed by atoms with Gasteiger partial charge in [-0.05, 0) is 6.92 Å². The summed E-state index contributed by atoms with van der Waals surface area (Å²) >= 11 is 0. The lowest BCUT2D eigenvalue weighted by molar-refractivity contribution is 0.641. The summed E-state index contributed by atoms with van der Waals surface area (Å²) in [5, 5.41) is 0. The Bertz CT molecular complexity index is 230. The maximum Gasteiger partial charge on any atom is 0.0910 e. The molecule has 66 valence electrons. The summed E-state index contributed by atoms with van der Waals surface area (Å²) in [6.45, 7) is 9.31. The predicted octanol–water partition coefficient (Wildman–Crippen LogP) is 2.21. The Morgan fingerprint density at radius 3 is 2.50 bits per heavy atom. The predicted molar refractivity (Wildman–Crippen MR) is 54.3 cm³/mol. The minimum atomic E-state index is 0.744. The molecule has 2 nitrogen and oxygen atoms in total. The van der Waals surface area contributed by atoms with E-state index in [1.807, 2.05) is 25.9 Å². The highest BCUT2D eigenvalue weighted by Crippen LogP contribution is 2.07. The molecule has 12 heavy (non-hydrogen) atoms. The number of hydrogen-bond acceptors (Lipinski definition) is 1. The zero-order chi connectivity index (χ0) is 9.56. The maximum absolute atomic E-state index is 4.16. The van der Waals surface area contributed by atoms with Crippen LogP contribution < -0.4 is 0 Å². The molecular formula is C10H16N2. The van der Waals surface area contributed by atoms with Gasteiger partial charge < -0.3 is 4.90 Å². The summed E-state index contributed by atoms with van der Waals surface area (Å²) in [6.07, 6.45) is 2.48. The molecule has 0 saturated heterocycles. The van der Waals surface area contributed by atoms with Crippen molar-refractivity contribution < 1.29 is 0 Å². The molecule has 0 bridgehead atoms. The molecule has 0 unspecified atom stereocenters. The fourth-order valence-electron chi connectivity index (χ4n) is 0.625. The molecule has 0 spiro atoms. The minimum Gasteiger partial charge on any atom is -0.369 e. The van der Waals surface area contributed by atoms with Crippen LogP contribution in [0.25, 0.3) is 0 Å². The van der Waals surface area contributed by atoms with Crippen molar-refractivity contribution in [2.24, 2.45) is 4.99 Å². The lowest BCUT2D eigenvalue weighted by Gasteiger charge is -2.03. The standard InChI is InChI=1S/C10H16N2/c1-6-10(7-9(2)3)11-8-12(4)5/h8H,1-2,7H2,3-5H3/b11-8-. The second-order valence-corrected chi connectivity index (χ2v) is 2.97. The van der Waals surface area contributed by atoms with Crippen molar-refractivity contribution in [1.82, 2.24) is 4.90 Å². The van der Waals surface area contributed by atoms with E-state index in [2.05, 4.69) is 23.9 Å². The van der Waals surface area contributed by atoms with Gasteiger partial charge in [-0.3, -0.25) is 0 Å². The van der Waals surface area contributed by atoms with Crippen molar-refractivity contribution in [3.63, 3.8) is 0 Å². The Morgan fingerprint density at radius 2 is 2.17 bits per heavy atom. The SMILES string of the molecule is C=C=C(CC(=C)C)/N=C\N(C)C. The van der Waals surface area contributed by atoms with E-state index in [1.54, 1.807) is 6.34 Å². The third-order valence-electron chi connectivity index (χ3n) is 1.12. The van der Waals surface area contributed by atoms with Gasteiger partial charge in [-0.2, -0.15) is 0 Å². The van der Waals surface area contributed by atoms with Gasteiger partial charge in [0.1, 0.15) is 0 Å². The van der Waals surface area contributed by atoms with E-state index in [-0.39, 0.29) is 0 Å². The van der Waals surface area contributed by atoms with Gasteiger partial charge in [-0.25, -0.2) is 4.99 Å². The van der Waals surface area contributed by atoms with Crippen molar-refractivity contribution in [3.8, 4) is 0 Å². The summed E-state index contributed by atoms with van der Waals surface area (Å²) in [6, 6.07) is 0. The van der Waals surface area contributed by atoms with E-state index in [1.165, 1.54) is 0 Å². The molecule has 0 rings (SSSR count). The fraction of sp³-hybridized carbons (Fsp3) is 0.400. The van der Waals surface area contributed by atoms with Crippen LogP contribution in [0.15, 0.2) is 35.2 Å². The van der Waals surface area contributed by atoms with E-state index in [0.717, 1.165) is 17.7 Å². The number of allylic oxidation sites excluding steroid dienone is 1. The van der Waals surface area contributed by atoms with Gasteiger partial charge in [-0.15, -0.1) is 5.73 Å². The molecule has 0 radical (unpaired) electrons. The quantitative estimate of drug-likeness (QED) is 0.269. The molecular weight excluding hydrogens is 148 g/mol. The van der Waals surface area contributed by atoms with E-state index < -0.39 is 0 Å². The number of hydrogen-bond donors (Lipinski definition) is 0. The molecule has 0 aromatic carbocycles. The van der Waals surface area contributed by atoms with Gasteiger partial charge in [0.15, 0.2) is 0 Å². The largest absolute Gasteiger partial charge is 0.369 e. The molecule has 0 aromatic rings. The van der Waals surface area contributed by atoms with E-state index in [4.69, 9.17) is 0 Å². The highest BCUT2D eigenvalue weighted by Gasteiger charge is 1.92. The molecule has 2 heteroatoms. The van der Waals surface area contributed by atoms with Crippen molar-refractivity contribution >= 4 is 6.34 Å². The summed E-state index contributed by atoms with van der Waals surface area (Å²) in [5.41, 5.74) is 4.67. The van der Waals surface area contributed by atoms with Crippen LogP contribution in [-0.2, 0) is 0 Å². The first kappa shape index (κ1) is 10.7. The van der Waals surface area contributed by atoms with Gasteiger partial charge in [-0.1, -0.05) is 18.7 Å². The summed E-state index contributed by atoms with van der Waals surface area (Å²) < 4.78 is 0. The van der Waals surface area contributed by atoms with E-state index in [9.17, 15) is 0 Å². The smallest absolute Gasteiger partial charge is 0.0910 e. The monoisotopic (exact) mass is 164 g/mol. The van der Waals surface area contributed by atoms with Crippen LogP contribution >= 0.6 is 0 Å². The van der Waals surface area contributed by atoms with Crippen LogP contribution in [0.4, 0.5) is 0 Å². The second-order valence-electron chi connectivity index (χ2n) is 2.97. The maximum atomic E-state index is 4.16. The number of nitrogens with zero attached hydrogens (tertiary/aromatic N) is 2. The molecule has 0 amide bonds. The zero-order valence-electron chi connectivity index (χ0n) is 8.09. The molecule has 0 atom stereocenters. The summed E-state index contributed by atoms with van der Waals surface area (Å²) in [7, 11) is 3.84. The third-order valence-corrected chi connectivity index (χ3v) is 1.12. The second kappa shape index (κ2) is 5.39. The normalized spacial score (nSPS) is 9.58. The van der Waals surface area contributed by atoms with Crippen LogP contribution in [0.3, 0.4) is 0 Å². The van der Waals surface area contributed by atoms with Crippen LogP contribution in [0.5, 0.6) is 0 Å². The van der Waals surface area contributed by atoms with Gasteiger partial charge in [0.2, 0.25) is 0 Å². The lowest BCUT2D eigenvalue weighted by atomic mass is 10.2. The Morgan fingerprint density at radius 1 is 1.58 bits per heavy atom. The molecule has 0 heterocycles. The number of aliphatic imine (C=N–C) groups is 1. The Hall–Kier alpha value is -1.27. The first-order chi connectivity index (χ1) is 5.56. The Balaban J connectivity index is 4.21. The fourth-order valence-corrected chi connectivity index (χ4v) is 0.625. The van der Waals surface area contributed by atoms with Crippen molar-refractivity contribution in [3.05, 3.63) is 30.2 Å². The molecule has 0 N–H and O–H groups in total. The van der Waals surface area contributed by atoms with Gasteiger partial charge in [0.05, 0.1) is 12.0 Å². The zero-order valence-corrected chi connectivity index (χ0v) is 8.09. The minimum absolute atomic E-state index is 0.744. The molecule has 0 saturated carbocycles. The van der Waals surface area contributed by atoms with Crippen molar-refractivity contribution in [2.75, 3.05) is 14.1 Å². The van der Waals surface area contributed by atoms with Gasteiger partial charge >= 0.3 is 0 Å². The first-order valence-electron chi connectivity index (χ1n) is 3.80. The molecule has 0 fully saturated rings. The van der Waals surface area contributed by atoms with E-state index in [0.29, 0.717) is 0 Å².